The molecule has 0 aromatic heterocycles. The Hall–Kier alpha value is -0.870. The average Bonchev–Trinajstić information content (AvgIpc) is 3.12. The molecule has 33 heavy (non-hydrogen) atoms. The highest BCUT2D eigenvalue weighted by Crippen LogP contribution is 2.67. The first-order valence-electron chi connectivity index (χ1n) is 14.0. The lowest BCUT2D eigenvalue weighted by Crippen LogP contribution is -2.50. The lowest BCUT2D eigenvalue weighted by Gasteiger charge is -2.58. The van der Waals surface area contributed by atoms with Gasteiger partial charge in [-0.1, -0.05) is 32.4 Å². The second kappa shape index (κ2) is 8.97. The van der Waals surface area contributed by atoms with Crippen molar-refractivity contribution in [2.24, 2.45) is 40.4 Å². The van der Waals surface area contributed by atoms with Crippen molar-refractivity contribution in [3.05, 3.63) is 11.6 Å². The zero-order chi connectivity index (χ0) is 23.4. The summed E-state index contributed by atoms with van der Waals surface area (Å²) in [6.07, 6.45) is 17.4. The molecule has 8 atom stereocenters. The highest BCUT2D eigenvalue weighted by atomic mass is 16.7. The second-order valence-corrected chi connectivity index (χ2v) is 12.9. The van der Waals surface area contributed by atoms with E-state index < -0.39 is 0 Å². The average molecular weight is 458 g/mol. The molecule has 5 aliphatic rings. The van der Waals surface area contributed by atoms with Gasteiger partial charge in [-0.15, -0.1) is 0 Å². The summed E-state index contributed by atoms with van der Waals surface area (Å²) in [5.41, 5.74) is 2.32. The topological polar surface area (TPSA) is 49.8 Å². The minimum Gasteiger partial charge on any atom is -0.393 e. The van der Waals surface area contributed by atoms with Gasteiger partial charge in [0, 0.05) is 13.5 Å². The van der Waals surface area contributed by atoms with Crippen LogP contribution < -0.4 is 0 Å². The van der Waals surface area contributed by atoms with E-state index in [4.69, 9.17) is 4.84 Å². The Labute approximate surface area is 201 Å². The maximum atomic E-state index is 12.7. The molecule has 0 bridgehead atoms. The van der Waals surface area contributed by atoms with E-state index >= 15 is 0 Å². The number of nitrogens with zero attached hydrogens (tertiary/aromatic N) is 1. The number of aliphatic hydroxyl groups excluding tert-OH is 1. The molecule has 0 saturated heterocycles. The molecule has 0 spiro atoms. The van der Waals surface area contributed by atoms with E-state index in [1.165, 1.54) is 50.0 Å². The Bertz CT molecular complexity index is 775. The molecule has 186 valence electrons. The van der Waals surface area contributed by atoms with E-state index in [1.807, 2.05) is 0 Å². The fraction of sp³-hybridized carbons (Fsp3) is 0.897. The molecule has 4 heteroatoms. The Morgan fingerprint density at radius 2 is 1.94 bits per heavy atom. The van der Waals surface area contributed by atoms with Gasteiger partial charge in [0.1, 0.15) is 0 Å². The summed E-state index contributed by atoms with van der Waals surface area (Å²) >= 11 is 0. The number of hydrogen-bond donors (Lipinski definition) is 1. The summed E-state index contributed by atoms with van der Waals surface area (Å²) in [5.74, 6) is 3.91. The summed E-state index contributed by atoms with van der Waals surface area (Å²) in [7, 11) is 1.80. The van der Waals surface area contributed by atoms with Crippen molar-refractivity contribution >= 4 is 5.91 Å². The summed E-state index contributed by atoms with van der Waals surface area (Å²) in [6, 6.07) is 0. The minimum atomic E-state index is -0.118. The Morgan fingerprint density at radius 3 is 2.67 bits per heavy atom. The van der Waals surface area contributed by atoms with Gasteiger partial charge in [0.05, 0.1) is 12.2 Å². The van der Waals surface area contributed by atoms with Crippen LogP contribution in [0.3, 0.4) is 0 Å². The Balaban J connectivity index is 1.22. The molecular formula is C29H47NO3. The highest BCUT2D eigenvalue weighted by Gasteiger charge is 2.59. The molecule has 0 unspecified atom stereocenters. The molecule has 0 aliphatic heterocycles. The van der Waals surface area contributed by atoms with Gasteiger partial charge < -0.3 is 5.11 Å². The molecule has 4 fully saturated rings. The molecule has 5 rings (SSSR count). The maximum Gasteiger partial charge on any atom is 0.245 e. The number of carbonyl (C=O) groups is 1. The number of amides is 1. The Morgan fingerprint density at radius 1 is 1.15 bits per heavy atom. The number of fused-ring (bicyclic) bond motifs is 5. The molecule has 1 N–H and O–H groups in total. The third-order valence-corrected chi connectivity index (χ3v) is 11.4. The van der Waals surface area contributed by atoms with E-state index in [1.54, 1.807) is 12.6 Å². The van der Waals surface area contributed by atoms with Crippen molar-refractivity contribution in [2.45, 2.75) is 116 Å². The normalized spacial score (nSPS) is 43.5. The maximum absolute atomic E-state index is 12.7. The fourth-order valence-corrected chi connectivity index (χ4v) is 9.09. The summed E-state index contributed by atoms with van der Waals surface area (Å²) in [5, 5.41) is 11.8. The number of hydroxylamine groups is 2. The highest BCUT2D eigenvalue weighted by molar-refractivity contribution is 5.74. The monoisotopic (exact) mass is 457 g/mol. The van der Waals surface area contributed by atoms with Crippen LogP contribution in [0, 0.1) is 40.4 Å². The smallest absolute Gasteiger partial charge is 0.245 e. The quantitative estimate of drug-likeness (QED) is 0.377. The molecule has 4 saturated carbocycles. The van der Waals surface area contributed by atoms with E-state index in [-0.39, 0.29) is 18.1 Å². The van der Waals surface area contributed by atoms with Crippen molar-refractivity contribution < 1.29 is 14.7 Å². The first kappa shape index (κ1) is 23.9. The van der Waals surface area contributed by atoms with Gasteiger partial charge >= 0.3 is 0 Å². The lowest BCUT2D eigenvalue weighted by atomic mass is 9.47. The van der Waals surface area contributed by atoms with Gasteiger partial charge in [-0.25, -0.2) is 5.06 Å². The standard InChI is InChI=1S/C29H47NO3/c1-19(8-13-27(32)30(4)33-22-6-5-7-22)24-11-12-25-23-10-9-20-18-21(31)14-16-28(20,2)26(23)15-17-29(24,25)3/h9,19,21-26,31H,5-8,10-18H2,1-4H3/t19-,21+,23+,24-,25+,26+,28+,29-/m1/s1. The zero-order valence-electron chi connectivity index (χ0n) is 21.5. The van der Waals surface area contributed by atoms with Gasteiger partial charge in [0.25, 0.3) is 0 Å². The SMILES string of the molecule is C[C@H](CCC(=O)N(C)OC1CCC1)[C@H]1CC[C@H]2[C@@H]3CC=C4C[C@@H](O)CC[C@]4(C)[C@H]3CC[C@]12C. The molecule has 1 amide bonds. The summed E-state index contributed by atoms with van der Waals surface area (Å²) in [4.78, 5) is 18.5. The van der Waals surface area contributed by atoms with Crippen molar-refractivity contribution in [1.29, 1.82) is 0 Å². The van der Waals surface area contributed by atoms with Crippen LogP contribution in [0.2, 0.25) is 0 Å². The third kappa shape index (κ3) is 4.11. The predicted molar refractivity (Wildman–Crippen MR) is 131 cm³/mol. The first-order chi connectivity index (χ1) is 15.7. The van der Waals surface area contributed by atoms with Gasteiger partial charge in [0.15, 0.2) is 0 Å². The van der Waals surface area contributed by atoms with Gasteiger partial charge in [-0.05, 0) is 117 Å². The fourth-order valence-electron chi connectivity index (χ4n) is 9.09. The van der Waals surface area contributed by atoms with Crippen molar-refractivity contribution in [3.8, 4) is 0 Å². The third-order valence-electron chi connectivity index (χ3n) is 11.4. The van der Waals surface area contributed by atoms with Crippen LogP contribution >= 0.6 is 0 Å². The minimum absolute atomic E-state index is 0.118. The van der Waals surface area contributed by atoms with Gasteiger partial charge in [-0.3, -0.25) is 9.63 Å². The summed E-state index contributed by atoms with van der Waals surface area (Å²) < 4.78 is 0. The van der Waals surface area contributed by atoms with Gasteiger partial charge in [0.2, 0.25) is 5.91 Å². The van der Waals surface area contributed by atoms with Crippen LogP contribution in [0.4, 0.5) is 0 Å². The van der Waals surface area contributed by atoms with Crippen molar-refractivity contribution in [3.63, 3.8) is 0 Å². The van der Waals surface area contributed by atoms with Crippen LogP contribution in [0.15, 0.2) is 11.6 Å². The van der Waals surface area contributed by atoms with Crippen molar-refractivity contribution in [1.82, 2.24) is 5.06 Å². The van der Waals surface area contributed by atoms with E-state index in [0.29, 0.717) is 23.2 Å². The number of hydrogen-bond acceptors (Lipinski definition) is 3. The van der Waals surface area contributed by atoms with Crippen LogP contribution in [0.1, 0.15) is 104 Å². The Kier molecular flexibility index (Phi) is 6.48. The van der Waals surface area contributed by atoms with Crippen LogP contribution in [0.25, 0.3) is 0 Å². The molecular weight excluding hydrogens is 410 g/mol. The van der Waals surface area contributed by atoms with Crippen molar-refractivity contribution in [2.75, 3.05) is 7.05 Å². The molecule has 4 nitrogen and oxygen atoms in total. The number of aliphatic hydroxyl groups is 1. The predicted octanol–water partition coefficient (Wildman–Crippen LogP) is 6.29. The molecule has 0 heterocycles. The number of allylic oxidation sites excluding steroid dienone is 1. The van der Waals surface area contributed by atoms with E-state index in [2.05, 4.69) is 26.8 Å². The van der Waals surface area contributed by atoms with E-state index in [9.17, 15) is 9.90 Å². The first-order valence-corrected chi connectivity index (χ1v) is 14.0. The summed E-state index contributed by atoms with van der Waals surface area (Å²) in [6.45, 7) is 7.53. The van der Waals surface area contributed by atoms with Gasteiger partial charge in [-0.2, -0.15) is 0 Å². The molecule has 0 radical (unpaired) electrons. The number of carbonyl (C=O) groups excluding carboxylic acids is 1. The second-order valence-electron chi connectivity index (χ2n) is 12.9. The van der Waals surface area contributed by atoms with Crippen LogP contribution in [0.5, 0.6) is 0 Å². The van der Waals surface area contributed by atoms with Crippen LogP contribution in [-0.2, 0) is 9.63 Å². The molecule has 0 aromatic carbocycles. The number of rotatable bonds is 6. The molecule has 5 aliphatic carbocycles. The van der Waals surface area contributed by atoms with E-state index in [0.717, 1.165) is 55.8 Å². The largest absolute Gasteiger partial charge is 0.393 e. The molecule has 0 aromatic rings. The lowest BCUT2D eigenvalue weighted by molar-refractivity contribution is -0.209. The zero-order valence-corrected chi connectivity index (χ0v) is 21.5. The van der Waals surface area contributed by atoms with Crippen LogP contribution in [-0.4, -0.2) is 35.3 Å².